The first kappa shape index (κ1) is 10.8. The lowest BCUT2D eigenvalue weighted by Crippen LogP contribution is -2.02. The van der Waals surface area contributed by atoms with Crippen LogP contribution in [0.2, 0.25) is 0 Å². The molecule has 0 saturated carbocycles. The Labute approximate surface area is 87.6 Å². The monoisotopic (exact) mass is 268 g/mol. The van der Waals surface area contributed by atoms with Gasteiger partial charge in [0.25, 0.3) is 0 Å². The van der Waals surface area contributed by atoms with Crippen molar-refractivity contribution in [2.75, 3.05) is 6.26 Å². The van der Waals surface area contributed by atoms with Gasteiger partial charge in [-0.15, -0.1) is 11.8 Å². The summed E-state index contributed by atoms with van der Waals surface area (Å²) in [7, 11) is 0. The second kappa shape index (κ2) is 4.81. The Hall–Kier alpha value is -0.290. The first-order valence-corrected chi connectivity index (χ1v) is 5.43. The molecule has 0 N–H and O–H groups in total. The molecular formula is C8H7BrF2OS. The Kier molecular flexibility index (Phi) is 3.99. The number of hydrogen-bond donors (Lipinski definition) is 0. The molecule has 1 aromatic carbocycles. The second-order valence-electron chi connectivity index (χ2n) is 2.17. The highest BCUT2D eigenvalue weighted by molar-refractivity contribution is 9.10. The Balaban J connectivity index is 2.90. The third-order valence-electron chi connectivity index (χ3n) is 1.35. The van der Waals surface area contributed by atoms with Crippen molar-refractivity contribution >= 4 is 27.7 Å². The zero-order valence-electron chi connectivity index (χ0n) is 6.76. The average Bonchev–Trinajstić information content (AvgIpc) is 2.08. The van der Waals surface area contributed by atoms with E-state index in [0.29, 0.717) is 4.47 Å². The molecular weight excluding hydrogens is 262 g/mol. The summed E-state index contributed by atoms with van der Waals surface area (Å²) >= 11 is 4.59. The maximum Gasteiger partial charge on any atom is 0.387 e. The lowest BCUT2D eigenvalue weighted by Gasteiger charge is -2.07. The smallest absolute Gasteiger partial charge is 0.387 e. The van der Waals surface area contributed by atoms with Crippen molar-refractivity contribution in [3.8, 4) is 5.75 Å². The van der Waals surface area contributed by atoms with E-state index in [1.54, 1.807) is 12.1 Å². The van der Waals surface area contributed by atoms with E-state index >= 15 is 0 Å². The Morgan fingerprint density at radius 1 is 1.46 bits per heavy atom. The zero-order chi connectivity index (χ0) is 9.84. The molecule has 0 aliphatic carbocycles. The molecule has 0 aliphatic rings. The SMILES string of the molecule is CSc1ccc(Br)c(OC(F)F)c1. The molecule has 0 aliphatic heterocycles. The van der Waals surface area contributed by atoms with Crippen molar-refractivity contribution in [2.45, 2.75) is 11.5 Å². The lowest BCUT2D eigenvalue weighted by atomic mass is 10.3. The van der Waals surface area contributed by atoms with E-state index in [4.69, 9.17) is 0 Å². The third-order valence-corrected chi connectivity index (χ3v) is 2.73. The first-order valence-electron chi connectivity index (χ1n) is 3.42. The number of rotatable bonds is 3. The van der Waals surface area contributed by atoms with Crippen LogP contribution in [-0.2, 0) is 0 Å². The van der Waals surface area contributed by atoms with Gasteiger partial charge in [0.1, 0.15) is 5.75 Å². The van der Waals surface area contributed by atoms with E-state index in [0.717, 1.165) is 4.90 Å². The molecule has 1 rings (SSSR count). The van der Waals surface area contributed by atoms with Crippen molar-refractivity contribution < 1.29 is 13.5 Å². The van der Waals surface area contributed by atoms with Crippen molar-refractivity contribution in [1.29, 1.82) is 0 Å². The minimum atomic E-state index is -2.78. The number of thioether (sulfide) groups is 1. The van der Waals surface area contributed by atoms with Gasteiger partial charge in [-0.05, 0) is 40.4 Å². The fourth-order valence-corrected chi connectivity index (χ4v) is 1.57. The number of halogens is 3. The Bertz CT molecular complexity index is 293. The third kappa shape index (κ3) is 3.15. The van der Waals surface area contributed by atoms with Gasteiger partial charge >= 0.3 is 6.61 Å². The highest BCUT2D eigenvalue weighted by Crippen LogP contribution is 2.30. The number of benzene rings is 1. The Morgan fingerprint density at radius 2 is 2.15 bits per heavy atom. The minimum absolute atomic E-state index is 0.168. The van der Waals surface area contributed by atoms with Gasteiger partial charge < -0.3 is 4.74 Å². The number of alkyl halides is 2. The fraction of sp³-hybridized carbons (Fsp3) is 0.250. The van der Waals surface area contributed by atoms with Crippen LogP contribution in [0.4, 0.5) is 8.78 Å². The predicted octanol–water partition coefficient (Wildman–Crippen LogP) is 3.77. The van der Waals surface area contributed by atoms with Gasteiger partial charge in [-0.25, -0.2) is 0 Å². The van der Waals surface area contributed by atoms with E-state index in [9.17, 15) is 8.78 Å². The molecule has 1 aromatic rings. The predicted molar refractivity (Wildman–Crippen MR) is 52.6 cm³/mol. The van der Waals surface area contributed by atoms with Crippen molar-refractivity contribution in [3.05, 3.63) is 22.7 Å². The number of hydrogen-bond acceptors (Lipinski definition) is 2. The summed E-state index contributed by atoms with van der Waals surface area (Å²) in [6, 6.07) is 5.08. The highest BCUT2D eigenvalue weighted by atomic mass is 79.9. The molecule has 0 heterocycles. The van der Waals surface area contributed by atoms with Crippen LogP contribution in [-0.4, -0.2) is 12.9 Å². The average molecular weight is 269 g/mol. The van der Waals surface area contributed by atoms with Crippen LogP contribution in [0, 0.1) is 0 Å². The van der Waals surface area contributed by atoms with E-state index in [1.807, 2.05) is 12.3 Å². The second-order valence-corrected chi connectivity index (χ2v) is 3.91. The molecule has 5 heteroatoms. The van der Waals surface area contributed by atoms with Gasteiger partial charge in [0.15, 0.2) is 0 Å². The van der Waals surface area contributed by atoms with Crippen LogP contribution in [0.3, 0.4) is 0 Å². The lowest BCUT2D eigenvalue weighted by molar-refractivity contribution is -0.0504. The van der Waals surface area contributed by atoms with E-state index in [1.165, 1.54) is 11.8 Å². The highest BCUT2D eigenvalue weighted by Gasteiger charge is 2.08. The van der Waals surface area contributed by atoms with E-state index < -0.39 is 6.61 Å². The van der Waals surface area contributed by atoms with Gasteiger partial charge in [-0.3, -0.25) is 0 Å². The summed E-state index contributed by atoms with van der Waals surface area (Å²) in [5.74, 6) is 0.168. The fourth-order valence-electron chi connectivity index (χ4n) is 0.797. The van der Waals surface area contributed by atoms with Crippen LogP contribution in [0.25, 0.3) is 0 Å². The summed E-state index contributed by atoms with van der Waals surface area (Å²) in [5, 5.41) is 0. The quantitative estimate of drug-likeness (QED) is 0.772. The summed E-state index contributed by atoms with van der Waals surface area (Å²) in [5.41, 5.74) is 0. The molecule has 13 heavy (non-hydrogen) atoms. The molecule has 0 aromatic heterocycles. The first-order chi connectivity index (χ1) is 6.13. The van der Waals surface area contributed by atoms with Crippen LogP contribution < -0.4 is 4.74 Å². The maximum atomic E-state index is 11.9. The van der Waals surface area contributed by atoms with Crippen molar-refractivity contribution in [1.82, 2.24) is 0 Å². The molecule has 1 nitrogen and oxygen atoms in total. The van der Waals surface area contributed by atoms with Crippen molar-refractivity contribution in [2.24, 2.45) is 0 Å². The van der Waals surface area contributed by atoms with Gasteiger partial charge in [0.2, 0.25) is 0 Å². The molecule has 0 radical (unpaired) electrons. The maximum absolute atomic E-state index is 11.9. The number of ether oxygens (including phenoxy) is 1. The van der Waals surface area contributed by atoms with Crippen LogP contribution >= 0.6 is 27.7 Å². The van der Waals surface area contributed by atoms with Crippen LogP contribution in [0.15, 0.2) is 27.6 Å². The molecule has 0 amide bonds. The summed E-state index contributed by atoms with van der Waals surface area (Å²) in [6.45, 7) is -2.78. The topological polar surface area (TPSA) is 9.23 Å². The van der Waals surface area contributed by atoms with Crippen LogP contribution in [0.5, 0.6) is 5.75 Å². The zero-order valence-corrected chi connectivity index (χ0v) is 9.16. The molecule has 0 spiro atoms. The minimum Gasteiger partial charge on any atom is -0.434 e. The Morgan fingerprint density at radius 3 is 2.69 bits per heavy atom. The van der Waals surface area contributed by atoms with Gasteiger partial charge in [0.05, 0.1) is 4.47 Å². The summed E-state index contributed by atoms with van der Waals surface area (Å²) in [4.78, 5) is 0.888. The molecule has 0 saturated heterocycles. The van der Waals surface area contributed by atoms with Crippen molar-refractivity contribution in [3.63, 3.8) is 0 Å². The van der Waals surface area contributed by atoms with Gasteiger partial charge in [-0.2, -0.15) is 8.78 Å². The molecule has 72 valence electrons. The van der Waals surface area contributed by atoms with Crippen LogP contribution in [0.1, 0.15) is 0 Å². The van der Waals surface area contributed by atoms with Gasteiger partial charge in [-0.1, -0.05) is 0 Å². The summed E-state index contributed by atoms with van der Waals surface area (Å²) < 4.78 is 28.6. The summed E-state index contributed by atoms with van der Waals surface area (Å²) in [6.07, 6.45) is 1.87. The van der Waals surface area contributed by atoms with E-state index in [-0.39, 0.29) is 5.75 Å². The molecule has 0 unspecified atom stereocenters. The largest absolute Gasteiger partial charge is 0.434 e. The molecule has 0 bridgehead atoms. The molecule has 0 fully saturated rings. The van der Waals surface area contributed by atoms with Gasteiger partial charge in [0, 0.05) is 4.90 Å². The standard InChI is InChI=1S/C8H7BrF2OS/c1-13-5-2-3-6(9)7(4-5)12-8(10)11/h2-4,8H,1H3. The molecule has 0 atom stereocenters. The normalized spacial score (nSPS) is 10.5. The van der Waals surface area contributed by atoms with E-state index in [2.05, 4.69) is 20.7 Å².